The van der Waals surface area contributed by atoms with Gasteiger partial charge in [-0.2, -0.15) is 0 Å². The Morgan fingerprint density at radius 2 is 2.00 bits per heavy atom. The Hall–Kier alpha value is -0.0400. The average molecular weight is 114 g/mol. The summed E-state index contributed by atoms with van der Waals surface area (Å²) in [7, 11) is 2.33. The van der Waals surface area contributed by atoms with Gasteiger partial charge in [0.1, 0.15) is 0 Å². The van der Waals surface area contributed by atoms with E-state index in [2.05, 4.69) is 20.9 Å². The van der Waals surface area contributed by atoms with E-state index in [0.717, 1.165) is 5.92 Å². The van der Waals surface area contributed by atoms with E-state index in [1.807, 2.05) is 0 Å². The van der Waals surface area contributed by atoms with Crippen LogP contribution < -0.4 is 0 Å². The number of hydrogen-bond donors (Lipinski definition) is 0. The fourth-order valence-electron chi connectivity index (χ4n) is 1.71. The Morgan fingerprint density at radius 1 is 1.50 bits per heavy atom. The second-order valence-electron chi connectivity index (χ2n) is 3.41. The van der Waals surface area contributed by atoms with E-state index in [9.17, 15) is 0 Å². The van der Waals surface area contributed by atoms with Crippen molar-refractivity contribution in [3.63, 3.8) is 0 Å². The molecule has 0 bridgehead atoms. The number of rotatable bonds is 1. The number of quaternary nitrogens is 1. The van der Waals surface area contributed by atoms with Crippen molar-refractivity contribution in [2.75, 3.05) is 26.7 Å². The fraction of sp³-hybridized carbons (Fsp3) is 1.00. The molecule has 0 N–H and O–H groups in total. The van der Waals surface area contributed by atoms with E-state index in [0.29, 0.717) is 0 Å². The first-order valence-corrected chi connectivity index (χ1v) is 3.50. The van der Waals surface area contributed by atoms with Gasteiger partial charge in [0.15, 0.2) is 0 Å². The fourth-order valence-corrected chi connectivity index (χ4v) is 1.71. The van der Waals surface area contributed by atoms with Crippen LogP contribution in [0.4, 0.5) is 0 Å². The zero-order chi connectivity index (χ0) is 6.20. The van der Waals surface area contributed by atoms with Crippen molar-refractivity contribution in [1.82, 2.24) is 0 Å². The zero-order valence-corrected chi connectivity index (χ0v) is 6.15. The molecule has 1 heterocycles. The van der Waals surface area contributed by atoms with E-state index < -0.39 is 0 Å². The Bertz CT molecular complexity index is 82.4. The van der Waals surface area contributed by atoms with Crippen LogP contribution in [-0.4, -0.2) is 31.2 Å². The second kappa shape index (κ2) is 1.73. The molecule has 1 heteroatoms. The van der Waals surface area contributed by atoms with Crippen molar-refractivity contribution in [2.24, 2.45) is 5.92 Å². The average Bonchev–Trinajstić information content (AvgIpc) is 1.63. The maximum absolute atomic E-state index is 2.33. The third-order valence-corrected chi connectivity index (χ3v) is 2.27. The lowest BCUT2D eigenvalue weighted by atomic mass is 10.00. The van der Waals surface area contributed by atoms with Gasteiger partial charge in [-0.1, -0.05) is 6.92 Å². The van der Waals surface area contributed by atoms with Crippen LogP contribution in [0, 0.1) is 5.92 Å². The monoisotopic (exact) mass is 114 g/mol. The van der Waals surface area contributed by atoms with Gasteiger partial charge in [-0.05, 0) is 6.92 Å². The van der Waals surface area contributed by atoms with E-state index in [-0.39, 0.29) is 0 Å². The van der Waals surface area contributed by atoms with Crippen LogP contribution in [0.3, 0.4) is 0 Å². The molecule has 0 spiro atoms. The molecule has 0 aromatic heterocycles. The topological polar surface area (TPSA) is 0 Å². The highest BCUT2D eigenvalue weighted by molar-refractivity contribution is 4.60. The number of nitrogens with zero attached hydrogens (tertiary/aromatic N) is 1. The van der Waals surface area contributed by atoms with Crippen molar-refractivity contribution in [1.29, 1.82) is 0 Å². The van der Waals surface area contributed by atoms with Crippen LogP contribution in [-0.2, 0) is 0 Å². The predicted octanol–water partition coefficient (Wildman–Crippen LogP) is 1.10. The highest BCUT2D eigenvalue weighted by Gasteiger charge is 2.35. The largest absolute Gasteiger partial charge is 0.325 e. The highest BCUT2D eigenvalue weighted by Crippen LogP contribution is 2.21. The van der Waals surface area contributed by atoms with Gasteiger partial charge in [0, 0.05) is 0 Å². The Morgan fingerprint density at radius 3 is 2.12 bits per heavy atom. The maximum atomic E-state index is 2.33. The van der Waals surface area contributed by atoms with Crippen molar-refractivity contribution in [2.45, 2.75) is 13.8 Å². The summed E-state index contributed by atoms with van der Waals surface area (Å²) in [6.45, 7) is 8.71. The van der Waals surface area contributed by atoms with Crippen LogP contribution in [0.15, 0.2) is 0 Å². The molecule has 1 rings (SSSR count). The lowest BCUT2D eigenvalue weighted by molar-refractivity contribution is -0.954. The minimum atomic E-state index is 0.986. The molecular formula is C7H16N+. The first-order chi connectivity index (χ1) is 3.66. The summed E-state index contributed by atoms with van der Waals surface area (Å²) in [6, 6.07) is 0. The van der Waals surface area contributed by atoms with Crippen molar-refractivity contribution < 1.29 is 4.48 Å². The molecule has 48 valence electrons. The molecule has 0 aromatic carbocycles. The lowest BCUT2D eigenvalue weighted by Gasteiger charge is -2.45. The van der Waals surface area contributed by atoms with Crippen LogP contribution >= 0.6 is 0 Å². The van der Waals surface area contributed by atoms with Crippen molar-refractivity contribution in [3.8, 4) is 0 Å². The van der Waals surface area contributed by atoms with Crippen molar-refractivity contribution >= 4 is 0 Å². The molecule has 0 aromatic rings. The molecule has 1 saturated heterocycles. The van der Waals surface area contributed by atoms with Crippen LogP contribution in [0.25, 0.3) is 0 Å². The van der Waals surface area contributed by atoms with Gasteiger partial charge in [-0.3, -0.25) is 0 Å². The lowest BCUT2D eigenvalue weighted by Crippen LogP contribution is -2.59. The van der Waals surface area contributed by atoms with Gasteiger partial charge in [-0.25, -0.2) is 0 Å². The summed E-state index contributed by atoms with van der Waals surface area (Å²) in [5, 5.41) is 0. The van der Waals surface area contributed by atoms with E-state index in [1.54, 1.807) is 0 Å². The normalized spacial score (nSPS) is 46.1. The Balaban J connectivity index is 2.30. The van der Waals surface area contributed by atoms with E-state index >= 15 is 0 Å². The van der Waals surface area contributed by atoms with Gasteiger partial charge in [0.2, 0.25) is 0 Å². The van der Waals surface area contributed by atoms with Crippen molar-refractivity contribution in [3.05, 3.63) is 0 Å². The molecule has 1 aliphatic rings. The SMILES string of the molecule is CC[N+]1(C)CC(C)C1. The summed E-state index contributed by atoms with van der Waals surface area (Å²) in [5.74, 6) is 0.986. The third kappa shape index (κ3) is 0.873. The van der Waals surface area contributed by atoms with Gasteiger partial charge >= 0.3 is 0 Å². The molecule has 1 fully saturated rings. The maximum Gasteiger partial charge on any atom is 0.0865 e. The van der Waals surface area contributed by atoms with Gasteiger partial charge in [-0.15, -0.1) is 0 Å². The first kappa shape index (κ1) is 6.09. The van der Waals surface area contributed by atoms with Gasteiger partial charge in [0.05, 0.1) is 32.6 Å². The van der Waals surface area contributed by atoms with E-state index in [1.165, 1.54) is 24.1 Å². The Kier molecular flexibility index (Phi) is 1.31. The molecular weight excluding hydrogens is 98.1 g/mol. The zero-order valence-electron chi connectivity index (χ0n) is 6.15. The Labute approximate surface area is 51.9 Å². The van der Waals surface area contributed by atoms with Gasteiger partial charge < -0.3 is 4.48 Å². The van der Waals surface area contributed by atoms with Crippen LogP contribution in [0.5, 0.6) is 0 Å². The second-order valence-corrected chi connectivity index (χ2v) is 3.41. The molecule has 0 saturated carbocycles. The quantitative estimate of drug-likeness (QED) is 0.448. The molecule has 0 radical (unpaired) electrons. The summed E-state index contributed by atoms with van der Waals surface area (Å²) < 4.78 is 1.31. The predicted molar refractivity (Wildman–Crippen MR) is 35.6 cm³/mol. The van der Waals surface area contributed by atoms with Gasteiger partial charge in [0.25, 0.3) is 0 Å². The number of likely N-dealkylation sites (tertiary alicyclic amines) is 1. The minimum Gasteiger partial charge on any atom is -0.325 e. The summed E-state index contributed by atoms with van der Waals surface area (Å²) >= 11 is 0. The summed E-state index contributed by atoms with van der Waals surface area (Å²) in [6.07, 6.45) is 0. The van der Waals surface area contributed by atoms with Crippen LogP contribution in [0.2, 0.25) is 0 Å². The summed E-state index contributed by atoms with van der Waals surface area (Å²) in [5.41, 5.74) is 0. The summed E-state index contributed by atoms with van der Waals surface area (Å²) in [4.78, 5) is 0. The molecule has 1 nitrogen and oxygen atoms in total. The molecule has 0 amide bonds. The molecule has 0 atom stereocenters. The number of hydrogen-bond acceptors (Lipinski definition) is 0. The molecule has 1 aliphatic heterocycles. The molecule has 0 unspecified atom stereocenters. The van der Waals surface area contributed by atoms with E-state index in [4.69, 9.17) is 0 Å². The third-order valence-electron chi connectivity index (χ3n) is 2.27. The smallest absolute Gasteiger partial charge is 0.0865 e. The standard InChI is InChI=1S/C7H16N/c1-4-8(3)5-7(2)6-8/h7H,4-6H2,1-3H3/q+1. The minimum absolute atomic E-state index is 0.986. The highest BCUT2D eigenvalue weighted by atomic mass is 15.4. The van der Waals surface area contributed by atoms with Crippen LogP contribution in [0.1, 0.15) is 13.8 Å². The molecule has 0 aliphatic carbocycles. The molecule has 8 heavy (non-hydrogen) atoms. The first-order valence-electron chi connectivity index (χ1n) is 3.50.